The number of rotatable bonds is 4. The van der Waals surface area contributed by atoms with Crippen molar-refractivity contribution in [2.75, 3.05) is 16.0 Å². The fourth-order valence-corrected chi connectivity index (χ4v) is 4.54. The van der Waals surface area contributed by atoms with E-state index in [0.29, 0.717) is 10.8 Å². The fraction of sp³-hybridized carbons (Fsp3) is 0.273. The normalized spacial score (nSPS) is 16.0. The Labute approximate surface area is 179 Å². The molecule has 0 radical (unpaired) electrons. The Morgan fingerprint density at radius 1 is 1.10 bits per heavy atom. The van der Waals surface area contributed by atoms with Crippen molar-refractivity contribution < 1.29 is 9.59 Å². The molecular formula is C22H23N5O2S. The first-order valence-corrected chi connectivity index (χ1v) is 10.8. The van der Waals surface area contributed by atoms with Crippen molar-refractivity contribution in [3.8, 4) is 5.69 Å². The van der Waals surface area contributed by atoms with Gasteiger partial charge >= 0.3 is 0 Å². The van der Waals surface area contributed by atoms with E-state index in [-0.39, 0.29) is 30.0 Å². The first kappa shape index (κ1) is 20.2. The standard InChI is InChI=1S/C22H23N5O2S/c1-14-8-4-6-10-18(14)27-16(3)24-25-22(27)30-13-21(29)26-15(2)12-20(28)23-17-9-5-7-11-19(17)26/h4-11,15H,12-13H2,1-3H3,(H,23,28)/t15-/m0/s1. The average Bonchev–Trinajstić information content (AvgIpc) is 3.01. The minimum Gasteiger partial charge on any atom is -0.324 e. The Hall–Kier alpha value is -3.13. The molecule has 2 amide bonds. The molecule has 1 aromatic heterocycles. The molecule has 1 aliphatic rings. The third-order valence-electron chi connectivity index (χ3n) is 5.10. The zero-order valence-electron chi connectivity index (χ0n) is 17.1. The minimum absolute atomic E-state index is 0.0755. The van der Waals surface area contributed by atoms with Crippen molar-refractivity contribution >= 4 is 35.0 Å². The predicted octanol–water partition coefficient (Wildman–Crippen LogP) is 3.74. The summed E-state index contributed by atoms with van der Waals surface area (Å²) in [5, 5.41) is 12.0. The lowest BCUT2D eigenvalue weighted by atomic mass is 10.2. The van der Waals surface area contributed by atoms with Crippen molar-refractivity contribution in [3.05, 3.63) is 59.9 Å². The number of nitrogens with zero attached hydrogens (tertiary/aromatic N) is 4. The Kier molecular flexibility index (Phi) is 5.59. The molecule has 0 saturated carbocycles. The Morgan fingerprint density at radius 3 is 2.57 bits per heavy atom. The molecule has 4 rings (SSSR count). The number of amides is 2. The van der Waals surface area contributed by atoms with Gasteiger partial charge in [-0.1, -0.05) is 42.1 Å². The molecule has 0 bridgehead atoms. The summed E-state index contributed by atoms with van der Waals surface area (Å²) in [5.41, 5.74) is 3.48. The molecule has 0 spiro atoms. The van der Waals surface area contributed by atoms with Gasteiger partial charge in [0.15, 0.2) is 5.16 Å². The third kappa shape index (κ3) is 3.82. The van der Waals surface area contributed by atoms with Gasteiger partial charge in [-0.2, -0.15) is 0 Å². The van der Waals surface area contributed by atoms with Crippen LogP contribution < -0.4 is 10.2 Å². The number of nitrogens with one attached hydrogen (secondary N) is 1. The average molecular weight is 422 g/mol. The van der Waals surface area contributed by atoms with Gasteiger partial charge in [0.1, 0.15) is 5.82 Å². The molecular weight excluding hydrogens is 398 g/mol. The highest BCUT2D eigenvalue weighted by molar-refractivity contribution is 7.99. The molecule has 8 heteroatoms. The van der Waals surface area contributed by atoms with Crippen LogP contribution in [0.1, 0.15) is 24.7 Å². The van der Waals surface area contributed by atoms with Gasteiger partial charge in [-0.05, 0) is 44.5 Å². The number of carbonyl (C=O) groups excluding carboxylic acids is 2. The van der Waals surface area contributed by atoms with Crippen molar-refractivity contribution in [2.24, 2.45) is 0 Å². The highest BCUT2D eigenvalue weighted by atomic mass is 32.2. The van der Waals surface area contributed by atoms with Crippen LogP contribution in [0.15, 0.2) is 53.7 Å². The van der Waals surface area contributed by atoms with Gasteiger partial charge in [-0.25, -0.2) is 0 Å². The molecule has 1 aliphatic heterocycles. The Bertz CT molecular complexity index is 1110. The topological polar surface area (TPSA) is 80.1 Å². The van der Waals surface area contributed by atoms with Crippen molar-refractivity contribution in [1.82, 2.24) is 14.8 Å². The number of thioether (sulfide) groups is 1. The maximum absolute atomic E-state index is 13.2. The number of fused-ring (bicyclic) bond motifs is 1. The maximum atomic E-state index is 13.2. The van der Waals surface area contributed by atoms with Crippen molar-refractivity contribution in [2.45, 2.75) is 38.4 Å². The van der Waals surface area contributed by atoms with E-state index in [9.17, 15) is 9.59 Å². The molecule has 1 atom stereocenters. The lowest BCUT2D eigenvalue weighted by molar-refractivity contribution is -0.117. The molecule has 0 unspecified atom stereocenters. The lowest BCUT2D eigenvalue weighted by Crippen LogP contribution is -2.40. The van der Waals surface area contributed by atoms with E-state index in [0.717, 1.165) is 22.8 Å². The van der Waals surface area contributed by atoms with E-state index in [1.54, 1.807) is 4.90 Å². The first-order chi connectivity index (χ1) is 14.5. The van der Waals surface area contributed by atoms with Crippen LogP contribution in [0.5, 0.6) is 0 Å². The SMILES string of the molecule is Cc1ccccc1-n1c(C)nnc1SCC(=O)N1c2ccccc2NC(=O)C[C@@H]1C. The molecule has 0 saturated heterocycles. The summed E-state index contributed by atoms with van der Waals surface area (Å²) in [6.45, 7) is 5.83. The molecule has 2 aromatic carbocycles. The molecule has 0 aliphatic carbocycles. The maximum Gasteiger partial charge on any atom is 0.237 e. The van der Waals surface area contributed by atoms with Crippen LogP contribution in [0, 0.1) is 13.8 Å². The van der Waals surface area contributed by atoms with Crippen LogP contribution in [-0.4, -0.2) is 38.4 Å². The zero-order valence-corrected chi connectivity index (χ0v) is 17.9. The fourth-order valence-electron chi connectivity index (χ4n) is 3.69. The number of hydrogen-bond acceptors (Lipinski definition) is 5. The largest absolute Gasteiger partial charge is 0.324 e. The molecule has 30 heavy (non-hydrogen) atoms. The van der Waals surface area contributed by atoms with E-state index in [1.807, 2.05) is 73.9 Å². The van der Waals surface area contributed by atoms with Crippen molar-refractivity contribution in [1.29, 1.82) is 0 Å². The Morgan fingerprint density at radius 2 is 1.80 bits per heavy atom. The summed E-state index contributed by atoms with van der Waals surface area (Å²) in [4.78, 5) is 27.1. The minimum atomic E-state index is -0.238. The van der Waals surface area contributed by atoms with Gasteiger partial charge in [0.05, 0.1) is 22.8 Å². The molecule has 7 nitrogen and oxygen atoms in total. The predicted molar refractivity (Wildman–Crippen MR) is 118 cm³/mol. The van der Waals surface area contributed by atoms with E-state index < -0.39 is 0 Å². The summed E-state index contributed by atoms with van der Waals surface area (Å²) >= 11 is 1.35. The second-order valence-electron chi connectivity index (χ2n) is 7.32. The Balaban J connectivity index is 1.59. The van der Waals surface area contributed by atoms with Gasteiger partial charge in [-0.15, -0.1) is 10.2 Å². The second kappa shape index (κ2) is 8.31. The van der Waals surface area contributed by atoms with Crippen molar-refractivity contribution in [3.63, 3.8) is 0 Å². The monoisotopic (exact) mass is 421 g/mol. The highest BCUT2D eigenvalue weighted by Gasteiger charge is 2.29. The number of aryl methyl sites for hydroxylation is 2. The number of anilines is 2. The number of para-hydroxylation sites is 3. The molecule has 0 fully saturated rings. The van der Waals surface area contributed by atoms with Gasteiger partial charge < -0.3 is 10.2 Å². The number of carbonyl (C=O) groups is 2. The van der Waals surface area contributed by atoms with E-state index in [1.165, 1.54) is 11.8 Å². The molecule has 3 aromatic rings. The smallest absolute Gasteiger partial charge is 0.237 e. The lowest BCUT2D eigenvalue weighted by Gasteiger charge is -2.27. The summed E-state index contributed by atoms with van der Waals surface area (Å²) in [6.07, 6.45) is 0.254. The highest BCUT2D eigenvalue weighted by Crippen LogP contribution is 2.32. The zero-order chi connectivity index (χ0) is 21.3. The second-order valence-corrected chi connectivity index (χ2v) is 8.27. The van der Waals surface area contributed by atoms with E-state index >= 15 is 0 Å². The van der Waals surface area contributed by atoms with Gasteiger partial charge in [0, 0.05) is 12.5 Å². The van der Waals surface area contributed by atoms with E-state index in [2.05, 4.69) is 15.5 Å². The molecule has 154 valence electrons. The van der Waals surface area contributed by atoms with E-state index in [4.69, 9.17) is 0 Å². The van der Waals surface area contributed by atoms with Crippen LogP contribution in [-0.2, 0) is 9.59 Å². The van der Waals surface area contributed by atoms with Crippen LogP contribution in [0.25, 0.3) is 5.69 Å². The van der Waals surface area contributed by atoms with Gasteiger partial charge in [0.25, 0.3) is 0 Å². The van der Waals surface area contributed by atoms with Gasteiger partial charge in [0.2, 0.25) is 11.8 Å². The molecule has 1 N–H and O–H groups in total. The summed E-state index contributed by atoms with van der Waals surface area (Å²) in [5.74, 6) is 0.792. The number of benzene rings is 2. The summed E-state index contributed by atoms with van der Waals surface area (Å²) in [7, 11) is 0. The van der Waals surface area contributed by atoms with Crippen LogP contribution in [0.3, 0.4) is 0 Å². The third-order valence-corrected chi connectivity index (χ3v) is 6.02. The number of hydrogen-bond donors (Lipinski definition) is 1. The first-order valence-electron chi connectivity index (χ1n) is 9.77. The van der Waals surface area contributed by atoms with Crippen LogP contribution >= 0.6 is 11.8 Å². The molecule has 2 heterocycles. The van der Waals surface area contributed by atoms with Gasteiger partial charge in [-0.3, -0.25) is 14.2 Å². The summed E-state index contributed by atoms with van der Waals surface area (Å²) < 4.78 is 1.97. The number of aromatic nitrogens is 3. The summed E-state index contributed by atoms with van der Waals surface area (Å²) in [6, 6.07) is 15.2. The van der Waals surface area contributed by atoms with Crippen LogP contribution in [0.2, 0.25) is 0 Å². The van der Waals surface area contributed by atoms with Crippen LogP contribution in [0.4, 0.5) is 11.4 Å². The quantitative estimate of drug-likeness (QED) is 0.649.